The molecule has 1 aromatic carbocycles. The van der Waals surface area contributed by atoms with E-state index in [4.69, 9.17) is 21.4 Å². The minimum atomic E-state index is -1.39. The van der Waals surface area contributed by atoms with Crippen molar-refractivity contribution < 1.29 is 43.7 Å². The lowest BCUT2D eigenvalue weighted by atomic mass is 10.0. The van der Waals surface area contributed by atoms with Crippen LogP contribution in [-0.4, -0.2) is 100 Å². The number of carboxylic acid groups (broad SMARTS) is 2. The van der Waals surface area contributed by atoms with E-state index in [9.17, 15) is 28.8 Å². The molecule has 1 fully saturated rings. The topological polar surface area (TPSA) is 220 Å². The maximum absolute atomic E-state index is 13.4. The molecule has 2 atom stereocenters. The Labute approximate surface area is 205 Å². The van der Waals surface area contributed by atoms with Crippen molar-refractivity contribution >= 4 is 41.5 Å². The Kier molecular flexibility index (Phi) is 9.47. The molecule has 36 heavy (non-hydrogen) atoms. The third kappa shape index (κ3) is 7.25. The fraction of sp³-hybridized carbons (Fsp3) is 0.409. The summed E-state index contributed by atoms with van der Waals surface area (Å²) in [4.78, 5) is 75.3. The molecule has 0 radical (unpaired) electrons. The zero-order valence-electron chi connectivity index (χ0n) is 19.4. The molecule has 194 valence electrons. The van der Waals surface area contributed by atoms with Crippen molar-refractivity contribution in [2.24, 2.45) is 5.73 Å². The van der Waals surface area contributed by atoms with E-state index < -0.39 is 67.1 Å². The summed E-state index contributed by atoms with van der Waals surface area (Å²) in [6.45, 7) is -0.916. The number of hydrogen-bond donors (Lipinski definition) is 5. The second-order valence-electron chi connectivity index (χ2n) is 7.93. The molecule has 1 heterocycles. The molecule has 2 rings (SSSR count). The van der Waals surface area contributed by atoms with Crippen LogP contribution in [0.2, 0.25) is 0 Å². The van der Waals surface area contributed by atoms with Gasteiger partial charge in [0.1, 0.15) is 24.5 Å². The standard InChI is InChI=1S/C22H27N5O9/c1-36-18(32)10-15-22(35)26(11-17(30)31)8-9-27(15)21(34)14(6-7-16(28)29)25-20(33)13-4-2-12(3-5-13)19(23)24/h2-5,14-15H,6-11H2,1H3,(H3,23,24)(H,25,33)(H,28,29)(H,30,31)/t14-,15-/m0/s1. The van der Waals surface area contributed by atoms with Crippen LogP contribution in [0.15, 0.2) is 24.3 Å². The highest BCUT2D eigenvalue weighted by atomic mass is 16.5. The monoisotopic (exact) mass is 505 g/mol. The average Bonchev–Trinajstić information content (AvgIpc) is 2.83. The van der Waals surface area contributed by atoms with Crippen LogP contribution in [0.1, 0.15) is 35.2 Å². The van der Waals surface area contributed by atoms with Gasteiger partial charge in [0.25, 0.3) is 5.91 Å². The number of carbonyl (C=O) groups is 6. The van der Waals surface area contributed by atoms with Crippen LogP contribution < -0.4 is 11.1 Å². The number of nitrogens with one attached hydrogen (secondary N) is 2. The van der Waals surface area contributed by atoms with Crippen LogP contribution in [-0.2, 0) is 28.7 Å². The van der Waals surface area contributed by atoms with E-state index in [0.717, 1.165) is 16.9 Å². The van der Waals surface area contributed by atoms with Crippen LogP contribution >= 0.6 is 0 Å². The third-order valence-electron chi connectivity index (χ3n) is 5.49. The van der Waals surface area contributed by atoms with Gasteiger partial charge in [-0.25, -0.2) is 0 Å². The SMILES string of the molecule is COC(=O)C[C@H]1C(=O)N(CC(=O)O)CCN1C(=O)[C@H](CCC(=O)O)NC(=O)c1ccc(C(=N)N)cc1. The van der Waals surface area contributed by atoms with Crippen molar-refractivity contribution in [1.29, 1.82) is 5.41 Å². The number of esters is 1. The Morgan fingerprint density at radius 1 is 1.11 bits per heavy atom. The van der Waals surface area contributed by atoms with Crippen molar-refractivity contribution in [3.8, 4) is 0 Å². The van der Waals surface area contributed by atoms with Gasteiger partial charge in [-0.2, -0.15) is 0 Å². The van der Waals surface area contributed by atoms with Gasteiger partial charge in [-0.15, -0.1) is 0 Å². The van der Waals surface area contributed by atoms with Gasteiger partial charge in [0.15, 0.2) is 0 Å². The lowest BCUT2D eigenvalue weighted by Gasteiger charge is -2.41. The quantitative estimate of drug-likeness (QED) is 0.135. The predicted molar refractivity (Wildman–Crippen MR) is 122 cm³/mol. The molecule has 0 saturated carbocycles. The summed E-state index contributed by atoms with van der Waals surface area (Å²) in [5.41, 5.74) is 5.88. The molecule has 14 nitrogen and oxygen atoms in total. The van der Waals surface area contributed by atoms with Crippen molar-refractivity contribution in [3.63, 3.8) is 0 Å². The highest BCUT2D eigenvalue weighted by Crippen LogP contribution is 2.18. The van der Waals surface area contributed by atoms with E-state index in [0.29, 0.717) is 5.56 Å². The first-order valence-electron chi connectivity index (χ1n) is 10.8. The molecule has 1 aliphatic rings. The lowest BCUT2D eigenvalue weighted by Crippen LogP contribution is -2.63. The van der Waals surface area contributed by atoms with Gasteiger partial charge >= 0.3 is 17.9 Å². The molecular formula is C22H27N5O9. The van der Waals surface area contributed by atoms with Crippen molar-refractivity contribution in [1.82, 2.24) is 15.1 Å². The van der Waals surface area contributed by atoms with Crippen molar-refractivity contribution in [3.05, 3.63) is 35.4 Å². The number of rotatable bonds is 11. The number of aliphatic carboxylic acids is 2. The van der Waals surface area contributed by atoms with E-state index in [1.807, 2.05) is 0 Å². The Morgan fingerprint density at radius 2 is 1.72 bits per heavy atom. The van der Waals surface area contributed by atoms with Crippen LogP contribution in [0.4, 0.5) is 0 Å². The van der Waals surface area contributed by atoms with Gasteiger partial charge in [-0.05, 0) is 18.6 Å². The molecule has 0 aliphatic carbocycles. The molecular weight excluding hydrogens is 478 g/mol. The largest absolute Gasteiger partial charge is 0.481 e. The van der Waals surface area contributed by atoms with Gasteiger partial charge in [0.05, 0.1) is 13.5 Å². The Hall–Kier alpha value is -4.49. The summed E-state index contributed by atoms with van der Waals surface area (Å²) in [6.07, 6.45) is -1.34. The number of nitrogens with two attached hydrogens (primary N) is 1. The number of carbonyl (C=O) groups excluding carboxylic acids is 4. The van der Waals surface area contributed by atoms with Gasteiger partial charge in [0, 0.05) is 30.6 Å². The first kappa shape index (κ1) is 27.8. The second kappa shape index (κ2) is 12.3. The molecule has 0 aromatic heterocycles. The number of benzene rings is 1. The number of carboxylic acids is 2. The fourth-order valence-electron chi connectivity index (χ4n) is 3.63. The first-order valence-corrected chi connectivity index (χ1v) is 10.8. The number of ether oxygens (including phenoxy) is 1. The van der Waals surface area contributed by atoms with Crippen LogP contribution in [0.25, 0.3) is 0 Å². The summed E-state index contributed by atoms with van der Waals surface area (Å²) >= 11 is 0. The summed E-state index contributed by atoms with van der Waals surface area (Å²) in [7, 11) is 1.09. The molecule has 3 amide bonds. The number of amidine groups is 1. The molecule has 1 aromatic rings. The molecule has 1 aliphatic heterocycles. The van der Waals surface area contributed by atoms with E-state index >= 15 is 0 Å². The highest BCUT2D eigenvalue weighted by Gasteiger charge is 2.41. The normalized spacial score (nSPS) is 16.1. The van der Waals surface area contributed by atoms with E-state index in [1.54, 1.807) is 0 Å². The molecule has 6 N–H and O–H groups in total. The summed E-state index contributed by atoms with van der Waals surface area (Å²) in [5, 5.41) is 28.0. The molecule has 0 spiro atoms. The number of piperazine rings is 1. The Balaban J connectivity index is 2.30. The highest BCUT2D eigenvalue weighted by molar-refractivity contribution is 6.01. The van der Waals surface area contributed by atoms with Crippen LogP contribution in [0.5, 0.6) is 0 Å². The number of hydrogen-bond acceptors (Lipinski definition) is 8. The van der Waals surface area contributed by atoms with E-state index in [-0.39, 0.29) is 30.9 Å². The van der Waals surface area contributed by atoms with E-state index in [2.05, 4.69) is 10.1 Å². The van der Waals surface area contributed by atoms with Gasteiger partial charge in [-0.3, -0.25) is 34.2 Å². The maximum Gasteiger partial charge on any atom is 0.323 e. The summed E-state index contributed by atoms with van der Waals surface area (Å²) < 4.78 is 4.60. The molecule has 0 bridgehead atoms. The fourth-order valence-corrected chi connectivity index (χ4v) is 3.63. The van der Waals surface area contributed by atoms with Crippen molar-refractivity contribution in [2.45, 2.75) is 31.3 Å². The second-order valence-corrected chi connectivity index (χ2v) is 7.93. The Bertz CT molecular complexity index is 1060. The maximum atomic E-state index is 13.4. The van der Waals surface area contributed by atoms with Gasteiger partial charge < -0.3 is 35.8 Å². The number of nitrogens with zero attached hydrogens (tertiary/aromatic N) is 2. The minimum absolute atomic E-state index is 0.113. The number of methoxy groups -OCH3 is 1. The van der Waals surface area contributed by atoms with Gasteiger partial charge in [-0.1, -0.05) is 12.1 Å². The lowest BCUT2D eigenvalue weighted by molar-refractivity contribution is -0.159. The Morgan fingerprint density at radius 3 is 2.25 bits per heavy atom. The predicted octanol–water partition coefficient (Wildman–Crippen LogP) is -1.38. The van der Waals surface area contributed by atoms with E-state index in [1.165, 1.54) is 24.3 Å². The summed E-state index contributed by atoms with van der Waals surface area (Å²) in [5.74, 6) is -5.83. The van der Waals surface area contributed by atoms with Crippen LogP contribution in [0, 0.1) is 5.41 Å². The molecule has 0 unspecified atom stereocenters. The number of amides is 3. The van der Waals surface area contributed by atoms with Crippen molar-refractivity contribution in [2.75, 3.05) is 26.7 Å². The minimum Gasteiger partial charge on any atom is -0.481 e. The smallest absolute Gasteiger partial charge is 0.323 e. The average molecular weight is 505 g/mol. The van der Waals surface area contributed by atoms with Crippen LogP contribution in [0.3, 0.4) is 0 Å². The molecule has 14 heteroatoms. The van der Waals surface area contributed by atoms with Gasteiger partial charge in [0.2, 0.25) is 11.8 Å². The number of nitrogen functional groups attached to an aromatic ring is 1. The first-order chi connectivity index (χ1) is 16.9. The summed E-state index contributed by atoms with van der Waals surface area (Å²) in [6, 6.07) is 2.85. The third-order valence-corrected chi connectivity index (χ3v) is 5.49. The zero-order valence-corrected chi connectivity index (χ0v) is 19.4. The molecule has 1 saturated heterocycles. The zero-order chi connectivity index (χ0) is 27.0.